The summed E-state index contributed by atoms with van der Waals surface area (Å²) in [6.45, 7) is 1.82. The summed E-state index contributed by atoms with van der Waals surface area (Å²) in [6, 6.07) is 0. The highest BCUT2D eigenvalue weighted by atomic mass is 32.2. The number of esters is 1. The zero-order valence-electron chi connectivity index (χ0n) is 6.94. The Balaban J connectivity index is 2.94. The first-order valence-electron chi connectivity index (χ1n) is 3.51. The maximum Gasteiger partial charge on any atom is 0.351 e. The summed E-state index contributed by atoms with van der Waals surface area (Å²) in [4.78, 5) is 11.0. The molecule has 0 saturated heterocycles. The van der Waals surface area contributed by atoms with Crippen molar-refractivity contribution in [3.63, 3.8) is 0 Å². The highest BCUT2D eigenvalue weighted by Crippen LogP contribution is 2.16. The summed E-state index contributed by atoms with van der Waals surface area (Å²) in [5.74, 6) is -0.816. The number of amidine groups is 1. The van der Waals surface area contributed by atoms with Gasteiger partial charge in [0.15, 0.2) is 21.7 Å². The molecule has 1 heterocycles. The summed E-state index contributed by atoms with van der Waals surface area (Å²) in [5.41, 5.74) is 10.6. The van der Waals surface area contributed by atoms with Crippen LogP contribution in [0.2, 0.25) is 0 Å². The van der Waals surface area contributed by atoms with Gasteiger partial charge in [-0.15, -0.1) is 0 Å². The van der Waals surface area contributed by atoms with Gasteiger partial charge in [0.05, 0.1) is 6.61 Å². The molecule has 1 aliphatic rings. The molecule has 1 rings (SSSR count). The smallest absolute Gasteiger partial charge is 0.351 e. The van der Waals surface area contributed by atoms with Crippen molar-refractivity contribution >= 4 is 22.8 Å². The number of rotatable bonds is 2. The van der Waals surface area contributed by atoms with E-state index in [1.807, 2.05) is 0 Å². The van der Waals surface area contributed by atoms with Gasteiger partial charge in [0, 0.05) is 0 Å². The Morgan fingerprint density at radius 2 is 2.23 bits per heavy atom. The fourth-order valence-electron chi connectivity index (χ4n) is 0.772. The monoisotopic (exact) mass is 203 g/mol. The van der Waals surface area contributed by atoms with Crippen LogP contribution in [-0.4, -0.2) is 22.6 Å². The molecule has 1 aliphatic heterocycles. The topological polar surface area (TPSA) is 108 Å². The Hall–Kier alpha value is -1.37. The average Bonchev–Trinajstić information content (AvgIpc) is 2.27. The number of nitrogens with two attached hydrogens (primary N) is 2. The minimum absolute atomic E-state index is 0.0585. The van der Waals surface area contributed by atoms with Gasteiger partial charge in [0.25, 0.3) is 0 Å². The molecule has 0 radical (unpaired) electrons. The van der Waals surface area contributed by atoms with Crippen molar-refractivity contribution in [1.82, 2.24) is 0 Å². The van der Waals surface area contributed by atoms with Crippen LogP contribution in [0.1, 0.15) is 6.92 Å². The molecule has 72 valence electrons. The molecule has 6 nitrogen and oxygen atoms in total. The van der Waals surface area contributed by atoms with Crippen molar-refractivity contribution in [3.05, 3.63) is 10.6 Å². The first kappa shape index (κ1) is 9.72. The normalized spacial score (nSPS) is 21.6. The Labute approximate surface area is 77.2 Å². The van der Waals surface area contributed by atoms with E-state index in [-0.39, 0.29) is 23.0 Å². The summed E-state index contributed by atoms with van der Waals surface area (Å²) in [7, 11) is -1.81. The zero-order valence-corrected chi connectivity index (χ0v) is 7.76. The van der Waals surface area contributed by atoms with Gasteiger partial charge < -0.3 is 16.2 Å². The van der Waals surface area contributed by atoms with Crippen molar-refractivity contribution in [2.24, 2.45) is 15.9 Å². The minimum Gasteiger partial charge on any atom is -0.462 e. The van der Waals surface area contributed by atoms with E-state index in [2.05, 4.69) is 9.13 Å². The lowest BCUT2D eigenvalue weighted by molar-refractivity contribution is -0.137. The molecule has 0 aliphatic carbocycles. The number of carbonyl (C=O) groups is 1. The van der Waals surface area contributed by atoms with Crippen LogP contribution in [0.4, 0.5) is 0 Å². The standard InChI is InChI=1S/C6H9N3O3S/c1-2-12-6(10)4-3(7)5(8)9-13(4)11/h2,7H2,1H3,(H2,8,9). The third-order valence-corrected chi connectivity index (χ3v) is 2.44. The number of carbonyl (C=O) groups excluding carboxylic acids is 1. The van der Waals surface area contributed by atoms with Gasteiger partial charge in [-0.3, -0.25) is 0 Å². The van der Waals surface area contributed by atoms with Crippen LogP contribution in [0.3, 0.4) is 0 Å². The molecule has 1 unspecified atom stereocenters. The van der Waals surface area contributed by atoms with Gasteiger partial charge in [0.1, 0.15) is 5.70 Å². The summed E-state index contributed by atoms with van der Waals surface area (Å²) >= 11 is 0. The Morgan fingerprint density at radius 1 is 1.62 bits per heavy atom. The van der Waals surface area contributed by atoms with Crippen molar-refractivity contribution < 1.29 is 13.7 Å². The van der Waals surface area contributed by atoms with Gasteiger partial charge >= 0.3 is 5.97 Å². The quantitative estimate of drug-likeness (QED) is 0.545. The largest absolute Gasteiger partial charge is 0.462 e. The third kappa shape index (κ3) is 1.69. The molecule has 0 aromatic carbocycles. The van der Waals surface area contributed by atoms with E-state index in [0.29, 0.717) is 0 Å². The van der Waals surface area contributed by atoms with Gasteiger partial charge in [-0.25, -0.2) is 9.00 Å². The van der Waals surface area contributed by atoms with Crippen molar-refractivity contribution in [2.75, 3.05) is 6.61 Å². The summed E-state index contributed by atoms with van der Waals surface area (Å²) in [6.07, 6.45) is 0. The summed E-state index contributed by atoms with van der Waals surface area (Å²) in [5, 5.41) is 0. The molecule has 0 amide bonds. The second-order valence-corrected chi connectivity index (χ2v) is 3.28. The number of nitrogens with zero attached hydrogens (tertiary/aromatic N) is 1. The molecule has 13 heavy (non-hydrogen) atoms. The highest BCUT2D eigenvalue weighted by Gasteiger charge is 2.29. The minimum atomic E-state index is -1.81. The maximum atomic E-state index is 11.1. The van der Waals surface area contributed by atoms with Crippen LogP contribution in [0.15, 0.2) is 15.0 Å². The van der Waals surface area contributed by atoms with Crippen molar-refractivity contribution in [2.45, 2.75) is 6.92 Å². The predicted molar refractivity (Wildman–Crippen MR) is 47.6 cm³/mol. The van der Waals surface area contributed by atoms with Crippen molar-refractivity contribution in [1.29, 1.82) is 0 Å². The number of hydrogen-bond acceptors (Lipinski definition) is 5. The maximum absolute atomic E-state index is 11.1. The molecule has 0 spiro atoms. The molecule has 7 heteroatoms. The fourth-order valence-corrected chi connectivity index (χ4v) is 1.63. The van der Waals surface area contributed by atoms with E-state index in [1.165, 1.54) is 0 Å². The van der Waals surface area contributed by atoms with E-state index < -0.39 is 17.0 Å². The lowest BCUT2D eigenvalue weighted by atomic mass is 10.4. The first-order chi connectivity index (χ1) is 6.07. The Morgan fingerprint density at radius 3 is 2.62 bits per heavy atom. The molecular weight excluding hydrogens is 194 g/mol. The van der Waals surface area contributed by atoms with E-state index in [4.69, 9.17) is 11.5 Å². The SMILES string of the molecule is CCOC(=O)C1=C(N)C(N)=NS1=O. The third-order valence-electron chi connectivity index (χ3n) is 1.34. The molecule has 1 atom stereocenters. The van der Waals surface area contributed by atoms with Gasteiger partial charge in [-0.05, 0) is 6.92 Å². The first-order valence-corrected chi connectivity index (χ1v) is 4.62. The Kier molecular flexibility index (Phi) is 2.66. The van der Waals surface area contributed by atoms with E-state index in [1.54, 1.807) is 6.92 Å². The average molecular weight is 203 g/mol. The van der Waals surface area contributed by atoms with Crippen LogP contribution in [0.5, 0.6) is 0 Å². The number of ether oxygens (including phenoxy) is 1. The zero-order chi connectivity index (χ0) is 10.0. The lowest BCUT2D eigenvalue weighted by Crippen LogP contribution is -2.21. The van der Waals surface area contributed by atoms with Crippen LogP contribution in [-0.2, 0) is 20.5 Å². The molecule has 0 aromatic heterocycles. The summed E-state index contributed by atoms with van der Waals surface area (Å²) < 4.78 is 19.2. The lowest BCUT2D eigenvalue weighted by Gasteiger charge is -2.00. The van der Waals surface area contributed by atoms with Crippen LogP contribution >= 0.6 is 0 Å². The molecule has 0 aromatic rings. The molecule has 0 bridgehead atoms. The molecular formula is C6H9N3O3S. The second kappa shape index (κ2) is 3.56. The van der Waals surface area contributed by atoms with E-state index in [9.17, 15) is 9.00 Å². The Bertz CT molecular complexity index is 334. The van der Waals surface area contributed by atoms with Crippen LogP contribution < -0.4 is 11.5 Å². The van der Waals surface area contributed by atoms with Crippen molar-refractivity contribution in [3.8, 4) is 0 Å². The number of hydrogen-bond donors (Lipinski definition) is 2. The molecule has 4 N–H and O–H groups in total. The van der Waals surface area contributed by atoms with Gasteiger partial charge in [-0.1, -0.05) is 0 Å². The fraction of sp³-hybridized carbons (Fsp3) is 0.333. The van der Waals surface area contributed by atoms with Crippen LogP contribution in [0.25, 0.3) is 0 Å². The van der Waals surface area contributed by atoms with Gasteiger partial charge in [0.2, 0.25) is 0 Å². The van der Waals surface area contributed by atoms with Gasteiger partial charge in [-0.2, -0.15) is 4.40 Å². The predicted octanol–water partition coefficient (Wildman–Crippen LogP) is -1.25. The van der Waals surface area contributed by atoms with E-state index in [0.717, 1.165) is 0 Å². The van der Waals surface area contributed by atoms with E-state index >= 15 is 0 Å². The molecule has 0 fully saturated rings. The molecule has 0 saturated carbocycles. The second-order valence-electron chi connectivity index (χ2n) is 2.19. The highest BCUT2D eigenvalue weighted by molar-refractivity contribution is 7.89. The van der Waals surface area contributed by atoms with Crippen LogP contribution in [0, 0.1) is 0 Å².